The molecule has 1 fully saturated rings. The third-order valence-corrected chi connectivity index (χ3v) is 4.02. The van der Waals surface area contributed by atoms with Gasteiger partial charge in [0.1, 0.15) is 0 Å². The van der Waals surface area contributed by atoms with Crippen LogP contribution in [0, 0.1) is 6.92 Å². The molecule has 116 valence electrons. The average Bonchev–Trinajstić information content (AvgIpc) is 2.48. The Labute approximate surface area is 126 Å². The van der Waals surface area contributed by atoms with Crippen LogP contribution in [0.2, 0.25) is 0 Å². The van der Waals surface area contributed by atoms with Crippen molar-refractivity contribution in [2.24, 2.45) is 0 Å². The second kappa shape index (κ2) is 7.41. The van der Waals surface area contributed by atoms with Gasteiger partial charge < -0.3 is 15.3 Å². The highest BCUT2D eigenvalue weighted by atomic mass is 16.3. The number of aromatic nitrogens is 1. The van der Waals surface area contributed by atoms with Crippen LogP contribution in [0.3, 0.4) is 0 Å². The van der Waals surface area contributed by atoms with Gasteiger partial charge in [0, 0.05) is 18.8 Å². The summed E-state index contributed by atoms with van der Waals surface area (Å²) in [6, 6.07) is 1.96. The van der Waals surface area contributed by atoms with Gasteiger partial charge in [-0.15, -0.1) is 0 Å². The topological polar surface area (TPSA) is 65.5 Å². The Bertz CT molecular complexity index is 470. The molecule has 1 atom stereocenters. The van der Waals surface area contributed by atoms with Gasteiger partial charge in [0.2, 0.25) is 0 Å². The molecule has 2 N–H and O–H groups in total. The molecule has 0 radical (unpaired) electrons. The third-order valence-electron chi connectivity index (χ3n) is 4.02. The maximum atomic E-state index is 12.6. The van der Waals surface area contributed by atoms with Gasteiger partial charge >= 0.3 is 6.03 Å². The number of hydrogen-bond donors (Lipinski definition) is 2. The maximum absolute atomic E-state index is 12.6. The molecule has 0 saturated heterocycles. The van der Waals surface area contributed by atoms with E-state index in [0.717, 1.165) is 36.9 Å². The van der Waals surface area contributed by atoms with Crippen molar-refractivity contribution in [2.75, 3.05) is 11.9 Å². The lowest BCUT2D eigenvalue weighted by Gasteiger charge is -2.35. The Balaban J connectivity index is 2.08. The molecule has 1 aromatic rings. The maximum Gasteiger partial charge on any atom is 0.322 e. The number of nitrogens with one attached hydrogen (secondary N) is 1. The van der Waals surface area contributed by atoms with Gasteiger partial charge in [-0.05, 0) is 38.3 Å². The monoisotopic (exact) mass is 291 g/mol. The predicted molar refractivity (Wildman–Crippen MR) is 83.3 cm³/mol. The van der Waals surface area contributed by atoms with Crippen LogP contribution in [-0.4, -0.2) is 39.7 Å². The minimum Gasteiger partial charge on any atom is -0.392 e. The van der Waals surface area contributed by atoms with E-state index in [-0.39, 0.29) is 12.1 Å². The molecule has 0 unspecified atom stereocenters. The minimum atomic E-state index is -0.521. The summed E-state index contributed by atoms with van der Waals surface area (Å²) in [5, 5.41) is 12.6. The lowest BCUT2D eigenvalue weighted by molar-refractivity contribution is 0.105. The second-order valence-corrected chi connectivity index (χ2v) is 5.91. The molecule has 0 spiro atoms. The summed E-state index contributed by atoms with van der Waals surface area (Å²) in [6.45, 7) is 4.03. The Kier molecular flexibility index (Phi) is 5.56. The van der Waals surface area contributed by atoms with Crippen molar-refractivity contribution in [1.82, 2.24) is 9.88 Å². The van der Waals surface area contributed by atoms with E-state index in [4.69, 9.17) is 0 Å². The number of amides is 2. The van der Waals surface area contributed by atoms with E-state index in [1.165, 1.54) is 6.42 Å². The van der Waals surface area contributed by atoms with Crippen LogP contribution in [-0.2, 0) is 0 Å². The Morgan fingerprint density at radius 1 is 1.48 bits per heavy atom. The molecule has 0 aromatic carbocycles. The molecule has 2 amide bonds. The summed E-state index contributed by atoms with van der Waals surface area (Å²) in [5.74, 6) is 0. The second-order valence-electron chi connectivity index (χ2n) is 5.91. The van der Waals surface area contributed by atoms with Gasteiger partial charge in [0.25, 0.3) is 0 Å². The van der Waals surface area contributed by atoms with Crippen LogP contribution in [0.4, 0.5) is 10.5 Å². The highest BCUT2D eigenvalue weighted by Crippen LogP contribution is 2.24. The number of carbonyl (C=O) groups excluding carboxylic acids is 1. The first kappa shape index (κ1) is 15.8. The van der Waals surface area contributed by atoms with Gasteiger partial charge in [-0.25, -0.2) is 4.79 Å². The largest absolute Gasteiger partial charge is 0.392 e. The summed E-state index contributed by atoms with van der Waals surface area (Å²) >= 11 is 0. The molecule has 1 heterocycles. The number of rotatable bonds is 4. The van der Waals surface area contributed by atoms with Crippen molar-refractivity contribution in [3.8, 4) is 0 Å². The Morgan fingerprint density at radius 2 is 2.19 bits per heavy atom. The highest BCUT2D eigenvalue weighted by Gasteiger charge is 2.26. The summed E-state index contributed by atoms with van der Waals surface area (Å²) < 4.78 is 0. The van der Waals surface area contributed by atoms with Gasteiger partial charge in [0.05, 0.1) is 18.0 Å². The lowest BCUT2D eigenvalue weighted by Crippen LogP contribution is -2.47. The van der Waals surface area contributed by atoms with E-state index in [9.17, 15) is 9.90 Å². The van der Waals surface area contributed by atoms with Crippen molar-refractivity contribution in [2.45, 2.75) is 58.1 Å². The summed E-state index contributed by atoms with van der Waals surface area (Å²) in [7, 11) is 0. The number of pyridine rings is 1. The van der Waals surface area contributed by atoms with E-state index < -0.39 is 6.10 Å². The van der Waals surface area contributed by atoms with E-state index in [0.29, 0.717) is 6.54 Å². The van der Waals surface area contributed by atoms with Crippen LogP contribution in [0.15, 0.2) is 18.5 Å². The van der Waals surface area contributed by atoms with Gasteiger partial charge in [-0.3, -0.25) is 4.98 Å². The number of hydrogen-bond acceptors (Lipinski definition) is 3. The number of aryl methyl sites for hydroxylation is 1. The predicted octanol–water partition coefficient (Wildman–Crippen LogP) is 2.94. The molecule has 5 heteroatoms. The molecular weight excluding hydrogens is 266 g/mol. The summed E-state index contributed by atoms with van der Waals surface area (Å²) in [6.07, 6.45) is 8.43. The van der Waals surface area contributed by atoms with Gasteiger partial charge in [-0.2, -0.15) is 0 Å². The smallest absolute Gasteiger partial charge is 0.322 e. The highest BCUT2D eigenvalue weighted by molar-refractivity contribution is 5.90. The van der Waals surface area contributed by atoms with E-state index >= 15 is 0 Å². The molecule has 5 nitrogen and oxygen atoms in total. The van der Waals surface area contributed by atoms with Gasteiger partial charge in [0.15, 0.2) is 0 Å². The first-order chi connectivity index (χ1) is 10.1. The van der Waals surface area contributed by atoms with Crippen LogP contribution in [0.1, 0.15) is 44.6 Å². The molecule has 0 aliphatic heterocycles. The van der Waals surface area contributed by atoms with Crippen molar-refractivity contribution in [3.05, 3.63) is 24.0 Å². The van der Waals surface area contributed by atoms with Crippen molar-refractivity contribution in [1.29, 1.82) is 0 Å². The number of aliphatic hydroxyl groups is 1. The zero-order valence-corrected chi connectivity index (χ0v) is 12.9. The molecule has 0 bridgehead atoms. The molecule has 2 rings (SSSR count). The quantitative estimate of drug-likeness (QED) is 0.896. The van der Waals surface area contributed by atoms with Crippen molar-refractivity contribution >= 4 is 11.7 Å². The Hall–Kier alpha value is -1.62. The summed E-state index contributed by atoms with van der Waals surface area (Å²) in [4.78, 5) is 18.4. The number of anilines is 1. The molecule has 1 aliphatic carbocycles. The van der Waals surface area contributed by atoms with Crippen LogP contribution in [0.5, 0.6) is 0 Å². The number of urea groups is 1. The standard InChI is InChI=1S/C16H25N3O2/c1-12-8-9-17-10-15(12)18-16(21)19(11-13(2)20)14-6-4-3-5-7-14/h8-10,13-14,20H,3-7,11H2,1-2H3,(H,18,21)/t13-/m0/s1. The van der Waals surface area contributed by atoms with Gasteiger partial charge in [-0.1, -0.05) is 19.3 Å². The van der Waals surface area contributed by atoms with Crippen molar-refractivity contribution in [3.63, 3.8) is 0 Å². The van der Waals surface area contributed by atoms with E-state index in [1.54, 1.807) is 24.2 Å². The zero-order valence-electron chi connectivity index (χ0n) is 12.9. The van der Waals surface area contributed by atoms with Crippen molar-refractivity contribution < 1.29 is 9.90 Å². The zero-order chi connectivity index (χ0) is 15.2. The molecular formula is C16H25N3O2. The first-order valence-corrected chi connectivity index (χ1v) is 7.74. The fourth-order valence-corrected chi connectivity index (χ4v) is 2.86. The minimum absolute atomic E-state index is 0.140. The normalized spacial score (nSPS) is 17.3. The number of aliphatic hydroxyl groups excluding tert-OH is 1. The molecule has 1 saturated carbocycles. The van der Waals surface area contributed by atoms with E-state index in [1.807, 2.05) is 13.0 Å². The Morgan fingerprint density at radius 3 is 2.81 bits per heavy atom. The van der Waals surface area contributed by atoms with Crippen LogP contribution in [0.25, 0.3) is 0 Å². The SMILES string of the molecule is Cc1ccncc1NC(=O)N(C[C@H](C)O)C1CCCCC1. The average molecular weight is 291 g/mol. The lowest BCUT2D eigenvalue weighted by atomic mass is 9.94. The first-order valence-electron chi connectivity index (χ1n) is 7.74. The van der Waals surface area contributed by atoms with Crippen LogP contribution >= 0.6 is 0 Å². The van der Waals surface area contributed by atoms with Crippen LogP contribution < -0.4 is 5.32 Å². The fourth-order valence-electron chi connectivity index (χ4n) is 2.86. The molecule has 21 heavy (non-hydrogen) atoms. The molecule has 1 aliphatic rings. The van der Waals surface area contributed by atoms with E-state index in [2.05, 4.69) is 10.3 Å². The summed E-state index contributed by atoms with van der Waals surface area (Å²) in [5.41, 5.74) is 1.72. The third kappa shape index (κ3) is 4.43. The molecule has 1 aromatic heterocycles. The number of nitrogens with zero attached hydrogens (tertiary/aromatic N) is 2. The number of carbonyl (C=O) groups is 1. The fraction of sp³-hybridized carbons (Fsp3) is 0.625.